The number of methoxy groups -OCH3 is 1. The number of hydrogen-bond donors (Lipinski definition) is 2. The van der Waals surface area contributed by atoms with Crippen LogP contribution in [0.4, 0.5) is 5.69 Å². The SMILES string of the molecule is COC(C)(C)CNC(=O)CNc1ccccc1.Cl. The number of amides is 1. The number of carbonyl (C=O) groups excluding carboxylic acids is 1. The zero-order chi connectivity index (χ0) is 12.7. The molecule has 5 heteroatoms. The molecule has 0 saturated heterocycles. The van der Waals surface area contributed by atoms with Crippen molar-refractivity contribution in [2.24, 2.45) is 0 Å². The van der Waals surface area contributed by atoms with Crippen molar-refractivity contribution in [1.29, 1.82) is 0 Å². The molecule has 0 bridgehead atoms. The minimum atomic E-state index is -0.331. The zero-order valence-electron chi connectivity index (χ0n) is 11.0. The number of rotatable bonds is 6. The van der Waals surface area contributed by atoms with Crippen LogP contribution in [0.3, 0.4) is 0 Å². The molecule has 0 aromatic heterocycles. The van der Waals surface area contributed by atoms with Gasteiger partial charge in [0.2, 0.25) is 5.91 Å². The molecule has 0 fully saturated rings. The summed E-state index contributed by atoms with van der Waals surface area (Å²) < 4.78 is 5.22. The standard InChI is InChI=1S/C13H20N2O2.ClH/c1-13(2,17-3)10-15-12(16)9-14-11-7-5-4-6-8-11;/h4-8,14H,9-10H2,1-3H3,(H,15,16);1H. The minimum absolute atomic E-state index is 0. The van der Waals surface area contributed by atoms with Crippen LogP contribution in [0.5, 0.6) is 0 Å². The van der Waals surface area contributed by atoms with Crippen LogP contribution in [0, 0.1) is 0 Å². The molecular weight excluding hydrogens is 252 g/mol. The molecule has 1 aromatic carbocycles. The Labute approximate surface area is 115 Å². The van der Waals surface area contributed by atoms with Gasteiger partial charge < -0.3 is 15.4 Å². The fourth-order valence-electron chi connectivity index (χ4n) is 1.18. The Morgan fingerprint density at radius 2 is 1.89 bits per heavy atom. The van der Waals surface area contributed by atoms with Gasteiger partial charge in [0.25, 0.3) is 0 Å². The lowest BCUT2D eigenvalue weighted by atomic mass is 10.1. The number of ether oxygens (including phenoxy) is 1. The second-order valence-electron chi connectivity index (χ2n) is 4.46. The largest absolute Gasteiger partial charge is 0.377 e. The number of nitrogens with one attached hydrogen (secondary N) is 2. The predicted molar refractivity (Wildman–Crippen MR) is 76.3 cm³/mol. The molecule has 0 heterocycles. The fourth-order valence-corrected chi connectivity index (χ4v) is 1.18. The third-order valence-corrected chi connectivity index (χ3v) is 2.49. The lowest BCUT2D eigenvalue weighted by molar-refractivity contribution is -0.120. The van der Waals surface area contributed by atoms with E-state index >= 15 is 0 Å². The van der Waals surface area contributed by atoms with Gasteiger partial charge in [-0.25, -0.2) is 0 Å². The number of anilines is 1. The highest BCUT2D eigenvalue weighted by Crippen LogP contribution is 2.05. The monoisotopic (exact) mass is 272 g/mol. The highest BCUT2D eigenvalue weighted by atomic mass is 35.5. The molecule has 0 radical (unpaired) electrons. The van der Waals surface area contributed by atoms with Gasteiger partial charge in [-0.05, 0) is 26.0 Å². The van der Waals surface area contributed by atoms with Crippen molar-refractivity contribution in [3.05, 3.63) is 30.3 Å². The van der Waals surface area contributed by atoms with Crippen molar-refractivity contribution in [3.8, 4) is 0 Å². The maximum atomic E-state index is 11.5. The van der Waals surface area contributed by atoms with E-state index in [1.807, 2.05) is 44.2 Å². The summed E-state index contributed by atoms with van der Waals surface area (Å²) in [5.41, 5.74) is 0.608. The van der Waals surface area contributed by atoms with Crippen LogP contribution >= 0.6 is 12.4 Å². The molecule has 0 saturated carbocycles. The summed E-state index contributed by atoms with van der Waals surface area (Å²) in [5, 5.41) is 5.86. The van der Waals surface area contributed by atoms with Gasteiger partial charge in [-0.15, -0.1) is 12.4 Å². The van der Waals surface area contributed by atoms with E-state index in [1.165, 1.54) is 0 Å². The van der Waals surface area contributed by atoms with Crippen molar-refractivity contribution in [2.45, 2.75) is 19.4 Å². The summed E-state index contributed by atoms with van der Waals surface area (Å²) in [7, 11) is 1.63. The number of para-hydroxylation sites is 1. The van der Waals surface area contributed by atoms with E-state index in [-0.39, 0.29) is 30.5 Å². The van der Waals surface area contributed by atoms with Gasteiger partial charge in [0.05, 0.1) is 12.1 Å². The van der Waals surface area contributed by atoms with E-state index in [4.69, 9.17) is 4.74 Å². The molecule has 4 nitrogen and oxygen atoms in total. The molecule has 1 amide bonds. The quantitative estimate of drug-likeness (QED) is 0.833. The van der Waals surface area contributed by atoms with Gasteiger partial charge in [-0.3, -0.25) is 4.79 Å². The summed E-state index contributed by atoms with van der Waals surface area (Å²) in [6.07, 6.45) is 0. The molecule has 102 valence electrons. The van der Waals surface area contributed by atoms with Gasteiger partial charge >= 0.3 is 0 Å². The molecule has 0 spiro atoms. The first-order valence-corrected chi connectivity index (χ1v) is 5.64. The topological polar surface area (TPSA) is 50.4 Å². The number of carbonyl (C=O) groups is 1. The smallest absolute Gasteiger partial charge is 0.239 e. The summed E-state index contributed by atoms with van der Waals surface area (Å²) in [4.78, 5) is 11.5. The highest BCUT2D eigenvalue weighted by molar-refractivity contribution is 5.85. The van der Waals surface area contributed by atoms with Crippen LogP contribution in [0.15, 0.2) is 30.3 Å². The van der Waals surface area contributed by atoms with Gasteiger partial charge in [0, 0.05) is 19.3 Å². The molecule has 0 aliphatic heterocycles. The Morgan fingerprint density at radius 3 is 2.44 bits per heavy atom. The highest BCUT2D eigenvalue weighted by Gasteiger charge is 2.16. The maximum Gasteiger partial charge on any atom is 0.239 e. The Bertz CT molecular complexity index is 355. The summed E-state index contributed by atoms with van der Waals surface area (Å²) in [6.45, 7) is 4.62. The molecule has 0 aliphatic carbocycles. The third-order valence-electron chi connectivity index (χ3n) is 2.49. The van der Waals surface area contributed by atoms with Crippen LogP contribution in [0.1, 0.15) is 13.8 Å². The Kier molecular flexibility index (Phi) is 7.39. The van der Waals surface area contributed by atoms with Crippen LogP contribution in [0.25, 0.3) is 0 Å². The summed E-state index contributed by atoms with van der Waals surface area (Å²) >= 11 is 0. The Morgan fingerprint density at radius 1 is 1.28 bits per heavy atom. The van der Waals surface area contributed by atoms with Crippen molar-refractivity contribution in [3.63, 3.8) is 0 Å². The fraction of sp³-hybridized carbons (Fsp3) is 0.462. The number of halogens is 1. The number of benzene rings is 1. The summed E-state index contributed by atoms with van der Waals surface area (Å²) in [6, 6.07) is 9.63. The van der Waals surface area contributed by atoms with Gasteiger partial charge in [-0.1, -0.05) is 18.2 Å². The second kappa shape index (κ2) is 7.95. The first-order chi connectivity index (χ1) is 8.03. The van der Waals surface area contributed by atoms with Crippen LogP contribution in [-0.2, 0) is 9.53 Å². The zero-order valence-corrected chi connectivity index (χ0v) is 11.8. The minimum Gasteiger partial charge on any atom is -0.377 e. The Balaban J connectivity index is 0.00000289. The molecule has 1 aromatic rings. The number of hydrogen-bond acceptors (Lipinski definition) is 3. The lowest BCUT2D eigenvalue weighted by Gasteiger charge is -2.23. The van der Waals surface area contributed by atoms with E-state index in [9.17, 15) is 4.79 Å². The molecule has 0 aliphatic rings. The van der Waals surface area contributed by atoms with Crippen molar-refractivity contribution >= 4 is 24.0 Å². The van der Waals surface area contributed by atoms with E-state index in [2.05, 4.69) is 10.6 Å². The average Bonchev–Trinajstić information content (AvgIpc) is 2.35. The average molecular weight is 273 g/mol. The van der Waals surface area contributed by atoms with Gasteiger partial charge in [-0.2, -0.15) is 0 Å². The second-order valence-corrected chi connectivity index (χ2v) is 4.46. The maximum absolute atomic E-state index is 11.5. The van der Waals surface area contributed by atoms with Crippen LogP contribution < -0.4 is 10.6 Å². The molecule has 0 unspecified atom stereocenters. The molecule has 1 rings (SSSR count). The van der Waals surface area contributed by atoms with Crippen molar-refractivity contribution < 1.29 is 9.53 Å². The van der Waals surface area contributed by atoms with E-state index in [0.29, 0.717) is 6.54 Å². The molecule has 2 N–H and O–H groups in total. The van der Waals surface area contributed by atoms with Crippen LogP contribution in [0.2, 0.25) is 0 Å². The van der Waals surface area contributed by atoms with Crippen LogP contribution in [-0.4, -0.2) is 31.7 Å². The lowest BCUT2D eigenvalue weighted by Crippen LogP contribution is -2.41. The first-order valence-electron chi connectivity index (χ1n) is 5.64. The Hall–Kier alpha value is -1.26. The molecule has 0 atom stereocenters. The van der Waals surface area contributed by atoms with Crippen molar-refractivity contribution in [2.75, 3.05) is 25.5 Å². The van der Waals surface area contributed by atoms with Gasteiger partial charge in [0.15, 0.2) is 0 Å². The summed E-state index contributed by atoms with van der Waals surface area (Å²) in [5.74, 6) is -0.0426. The van der Waals surface area contributed by atoms with E-state index < -0.39 is 0 Å². The third kappa shape index (κ3) is 6.47. The normalized spacial score (nSPS) is 10.4. The predicted octanol–water partition coefficient (Wildman–Crippen LogP) is 2.06. The van der Waals surface area contributed by atoms with Gasteiger partial charge in [0.1, 0.15) is 0 Å². The molecule has 18 heavy (non-hydrogen) atoms. The van der Waals surface area contributed by atoms with E-state index in [1.54, 1.807) is 7.11 Å². The van der Waals surface area contributed by atoms with E-state index in [0.717, 1.165) is 5.69 Å². The first kappa shape index (κ1) is 16.7. The molecular formula is C13H21ClN2O2. The van der Waals surface area contributed by atoms with Crippen molar-refractivity contribution in [1.82, 2.24) is 5.32 Å².